The number of carbonyl (C=O) groups is 3. The first-order valence-corrected chi connectivity index (χ1v) is 6.26. The maximum Gasteiger partial charge on any atom is 0.338 e. The number of aromatic carboxylic acids is 1. The summed E-state index contributed by atoms with van der Waals surface area (Å²) in [4.78, 5) is 35.2. The van der Waals surface area contributed by atoms with Crippen molar-refractivity contribution in [2.45, 2.75) is 6.42 Å². The van der Waals surface area contributed by atoms with Crippen LogP contribution >= 0.6 is 15.9 Å². The van der Waals surface area contributed by atoms with Crippen LogP contribution in [0.4, 0.5) is 5.69 Å². The van der Waals surface area contributed by atoms with Gasteiger partial charge >= 0.3 is 11.9 Å². The number of anilines is 1. The number of carbonyl (C=O) groups excluding carboxylic acids is 1. The van der Waals surface area contributed by atoms with Gasteiger partial charge in [-0.15, -0.1) is 0 Å². The summed E-state index contributed by atoms with van der Waals surface area (Å²) in [5.74, 6) is -3.40. The summed E-state index contributed by atoms with van der Waals surface area (Å²) in [5.41, 5.74) is 0.178. The molecule has 0 spiro atoms. The molecule has 1 amide bonds. The van der Waals surface area contributed by atoms with Gasteiger partial charge in [-0.3, -0.25) is 9.59 Å². The van der Waals surface area contributed by atoms with Gasteiger partial charge in [0.1, 0.15) is 0 Å². The van der Waals surface area contributed by atoms with Gasteiger partial charge in [-0.2, -0.15) is 0 Å². The van der Waals surface area contributed by atoms with Gasteiger partial charge < -0.3 is 15.1 Å². The zero-order chi connectivity index (χ0) is 14.2. The third-order valence-electron chi connectivity index (χ3n) is 2.97. The molecule has 1 saturated heterocycles. The third kappa shape index (κ3) is 2.46. The van der Waals surface area contributed by atoms with Crippen molar-refractivity contribution in [1.29, 1.82) is 0 Å². The summed E-state index contributed by atoms with van der Waals surface area (Å²) in [6.45, 7) is -0.00903. The molecule has 2 rings (SSSR count). The molecule has 0 bridgehead atoms. The molecule has 0 aromatic heterocycles. The van der Waals surface area contributed by atoms with Crippen molar-refractivity contribution in [3.05, 3.63) is 28.2 Å². The molecule has 7 heteroatoms. The molecule has 6 nitrogen and oxygen atoms in total. The smallest absolute Gasteiger partial charge is 0.338 e. The molecular weight excluding hydrogens is 318 g/mol. The van der Waals surface area contributed by atoms with Crippen LogP contribution in [-0.2, 0) is 9.59 Å². The van der Waals surface area contributed by atoms with Gasteiger partial charge in [0.05, 0.1) is 17.2 Å². The highest BCUT2D eigenvalue weighted by Gasteiger charge is 2.36. The third-order valence-corrected chi connectivity index (χ3v) is 3.63. The second-order valence-electron chi connectivity index (χ2n) is 4.18. The quantitative estimate of drug-likeness (QED) is 0.878. The average Bonchev–Trinajstić information content (AvgIpc) is 2.70. The number of carboxylic acid groups (broad SMARTS) is 2. The number of carboxylic acids is 2. The van der Waals surface area contributed by atoms with Crippen molar-refractivity contribution in [3.63, 3.8) is 0 Å². The van der Waals surface area contributed by atoms with Crippen molar-refractivity contribution >= 4 is 39.5 Å². The van der Waals surface area contributed by atoms with E-state index in [1.54, 1.807) is 12.1 Å². The molecule has 1 aromatic carbocycles. The van der Waals surface area contributed by atoms with E-state index in [9.17, 15) is 19.5 Å². The first-order valence-electron chi connectivity index (χ1n) is 5.46. The standard InChI is InChI=1S/C12H10BrNO5/c13-7-2-1-3-8(10(7)12(18)19)14-5-6(11(16)17)4-9(14)15/h1-3,6H,4-5H2,(H,16,17)(H,18,19). The summed E-state index contributed by atoms with van der Waals surface area (Å²) >= 11 is 3.12. The molecule has 1 fully saturated rings. The van der Waals surface area contributed by atoms with Gasteiger partial charge in [0.25, 0.3) is 0 Å². The van der Waals surface area contributed by atoms with Crippen LogP contribution in [0.15, 0.2) is 22.7 Å². The van der Waals surface area contributed by atoms with Crippen LogP contribution in [0.3, 0.4) is 0 Å². The monoisotopic (exact) mass is 327 g/mol. The minimum absolute atomic E-state index is 0.00903. The van der Waals surface area contributed by atoms with E-state index in [0.717, 1.165) is 0 Å². The fraction of sp³-hybridized carbons (Fsp3) is 0.250. The number of halogens is 1. The van der Waals surface area contributed by atoms with E-state index in [1.165, 1.54) is 11.0 Å². The van der Waals surface area contributed by atoms with E-state index < -0.39 is 17.9 Å². The zero-order valence-corrected chi connectivity index (χ0v) is 11.3. The summed E-state index contributed by atoms with van der Waals surface area (Å²) in [6, 6.07) is 4.66. The Morgan fingerprint density at radius 2 is 2.00 bits per heavy atom. The number of benzene rings is 1. The van der Waals surface area contributed by atoms with Crippen molar-refractivity contribution in [1.82, 2.24) is 0 Å². The number of amides is 1. The fourth-order valence-electron chi connectivity index (χ4n) is 2.06. The van der Waals surface area contributed by atoms with Crippen LogP contribution in [0.5, 0.6) is 0 Å². The van der Waals surface area contributed by atoms with Crippen LogP contribution in [0, 0.1) is 5.92 Å². The maximum absolute atomic E-state index is 11.8. The van der Waals surface area contributed by atoms with Crippen molar-refractivity contribution in [2.75, 3.05) is 11.4 Å². The Morgan fingerprint density at radius 1 is 1.32 bits per heavy atom. The van der Waals surface area contributed by atoms with E-state index in [1.807, 2.05) is 0 Å². The summed E-state index contributed by atoms with van der Waals surface area (Å²) < 4.78 is 0.351. The zero-order valence-electron chi connectivity index (χ0n) is 9.67. The number of hydrogen-bond donors (Lipinski definition) is 2. The van der Waals surface area contributed by atoms with Gasteiger partial charge in [0, 0.05) is 17.4 Å². The maximum atomic E-state index is 11.8. The van der Waals surface area contributed by atoms with E-state index in [0.29, 0.717) is 4.47 Å². The van der Waals surface area contributed by atoms with Crippen molar-refractivity contribution in [3.8, 4) is 0 Å². The molecule has 19 heavy (non-hydrogen) atoms. The Hall–Kier alpha value is -1.89. The normalized spacial score (nSPS) is 18.7. The minimum Gasteiger partial charge on any atom is -0.481 e. The molecule has 1 aromatic rings. The molecule has 2 N–H and O–H groups in total. The predicted molar refractivity (Wildman–Crippen MR) is 69.2 cm³/mol. The Morgan fingerprint density at radius 3 is 2.53 bits per heavy atom. The molecule has 1 unspecified atom stereocenters. The van der Waals surface area contributed by atoms with Gasteiger partial charge in [0.2, 0.25) is 5.91 Å². The number of hydrogen-bond acceptors (Lipinski definition) is 3. The molecule has 1 heterocycles. The van der Waals surface area contributed by atoms with E-state index in [2.05, 4.69) is 15.9 Å². The van der Waals surface area contributed by atoms with E-state index >= 15 is 0 Å². The lowest BCUT2D eigenvalue weighted by Crippen LogP contribution is -2.27. The topological polar surface area (TPSA) is 94.9 Å². The van der Waals surface area contributed by atoms with Crippen molar-refractivity contribution < 1.29 is 24.6 Å². The van der Waals surface area contributed by atoms with Crippen LogP contribution in [0.25, 0.3) is 0 Å². The summed E-state index contributed by atoms with van der Waals surface area (Å²) in [5, 5.41) is 18.1. The van der Waals surface area contributed by atoms with Gasteiger partial charge in [0.15, 0.2) is 0 Å². The van der Waals surface area contributed by atoms with E-state index in [-0.39, 0.29) is 30.1 Å². The van der Waals surface area contributed by atoms with Crippen molar-refractivity contribution in [2.24, 2.45) is 5.92 Å². The molecule has 100 valence electrons. The Kier molecular flexibility index (Phi) is 3.57. The van der Waals surface area contributed by atoms with E-state index in [4.69, 9.17) is 5.11 Å². The highest BCUT2D eigenvalue weighted by atomic mass is 79.9. The van der Waals surface area contributed by atoms with Gasteiger partial charge in [-0.25, -0.2) is 4.79 Å². The highest BCUT2D eigenvalue weighted by molar-refractivity contribution is 9.10. The van der Waals surface area contributed by atoms with Crippen LogP contribution < -0.4 is 4.90 Å². The lowest BCUT2D eigenvalue weighted by atomic mass is 10.1. The predicted octanol–water partition coefficient (Wildman–Crippen LogP) is 1.58. The highest BCUT2D eigenvalue weighted by Crippen LogP contribution is 2.32. The number of rotatable bonds is 3. The molecule has 1 atom stereocenters. The van der Waals surface area contributed by atoms with Crippen LogP contribution in [0.1, 0.15) is 16.8 Å². The van der Waals surface area contributed by atoms with Gasteiger partial charge in [-0.05, 0) is 28.1 Å². The van der Waals surface area contributed by atoms with Gasteiger partial charge in [-0.1, -0.05) is 6.07 Å². The second kappa shape index (κ2) is 5.00. The number of aliphatic carboxylic acids is 1. The minimum atomic E-state index is -1.17. The molecule has 1 aliphatic rings. The lowest BCUT2D eigenvalue weighted by molar-refractivity contribution is -0.141. The Labute approximate surface area is 116 Å². The molecule has 1 aliphatic heterocycles. The fourth-order valence-corrected chi connectivity index (χ4v) is 2.58. The van der Waals surface area contributed by atoms with Crippen LogP contribution in [0.2, 0.25) is 0 Å². The summed E-state index contributed by atoms with van der Waals surface area (Å²) in [7, 11) is 0. The SMILES string of the molecule is O=C(O)c1c(Br)cccc1N1CC(C(=O)O)CC1=O. The first-order chi connectivity index (χ1) is 8.91. The Bertz CT molecular complexity index is 571. The average molecular weight is 328 g/mol. The van der Waals surface area contributed by atoms with Crippen LogP contribution in [-0.4, -0.2) is 34.6 Å². The number of nitrogens with zero attached hydrogens (tertiary/aromatic N) is 1. The Balaban J connectivity index is 2.43. The molecular formula is C12H10BrNO5. The molecule has 0 radical (unpaired) electrons. The second-order valence-corrected chi connectivity index (χ2v) is 5.04. The molecule has 0 saturated carbocycles. The first kappa shape index (κ1) is 13.5. The largest absolute Gasteiger partial charge is 0.481 e. The lowest BCUT2D eigenvalue weighted by Gasteiger charge is -2.19. The molecule has 0 aliphatic carbocycles. The summed E-state index contributed by atoms with van der Waals surface area (Å²) in [6.07, 6.45) is -0.110.